The van der Waals surface area contributed by atoms with Crippen LogP contribution in [0.2, 0.25) is 0 Å². The largest absolute Gasteiger partial charge is 0.487 e. The van der Waals surface area contributed by atoms with E-state index in [4.69, 9.17) is 9.15 Å². The Morgan fingerprint density at radius 2 is 1.88 bits per heavy atom. The summed E-state index contributed by atoms with van der Waals surface area (Å²) >= 11 is 0. The molecule has 1 saturated heterocycles. The van der Waals surface area contributed by atoms with Gasteiger partial charge in [0, 0.05) is 24.2 Å². The molecule has 1 aliphatic rings. The van der Waals surface area contributed by atoms with Gasteiger partial charge in [-0.1, -0.05) is 30.3 Å². The molecule has 4 rings (SSSR count). The maximum absolute atomic E-state index is 12.7. The van der Waals surface area contributed by atoms with E-state index < -0.39 is 9.84 Å². The molecule has 0 aliphatic carbocycles. The van der Waals surface area contributed by atoms with Crippen molar-refractivity contribution in [2.75, 3.05) is 13.1 Å². The SMILES string of the molecule is O=S(=O)(Cc1ccc(-c2ccoc2)c(OC2CNC2)c1)c1ccccc1. The van der Waals surface area contributed by atoms with E-state index in [1.807, 2.05) is 24.3 Å². The summed E-state index contributed by atoms with van der Waals surface area (Å²) in [5.74, 6) is 0.612. The molecule has 1 aliphatic heterocycles. The van der Waals surface area contributed by atoms with Crippen LogP contribution in [-0.2, 0) is 15.6 Å². The van der Waals surface area contributed by atoms with Crippen molar-refractivity contribution in [1.29, 1.82) is 0 Å². The number of hydrogen-bond donors (Lipinski definition) is 1. The molecule has 26 heavy (non-hydrogen) atoms. The first-order chi connectivity index (χ1) is 12.6. The number of rotatable bonds is 6. The number of furan rings is 1. The zero-order valence-corrected chi connectivity index (χ0v) is 14.9. The molecule has 1 N–H and O–H groups in total. The Labute approximate surface area is 152 Å². The lowest BCUT2D eigenvalue weighted by atomic mass is 10.1. The maximum Gasteiger partial charge on any atom is 0.182 e. The van der Waals surface area contributed by atoms with Gasteiger partial charge in [0.2, 0.25) is 0 Å². The second-order valence-electron chi connectivity index (χ2n) is 6.31. The number of sulfone groups is 1. The molecule has 0 saturated carbocycles. The van der Waals surface area contributed by atoms with Crippen LogP contribution >= 0.6 is 0 Å². The minimum atomic E-state index is -3.40. The Balaban J connectivity index is 1.65. The van der Waals surface area contributed by atoms with Gasteiger partial charge in [-0.05, 0) is 29.8 Å². The molecule has 0 radical (unpaired) electrons. The Morgan fingerprint density at radius 3 is 2.54 bits per heavy atom. The topological polar surface area (TPSA) is 68.5 Å². The predicted molar refractivity (Wildman–Crippen MR) is 98.8 cm³/mol. The average molecular weight is 369 g/mol. The Morgan fingerprint density at radius 1 is 1.08 bits per heavy atom. The van der Waals surface area contributed by atoms with Gasteiger partial charge in [0.25, 0.3) is 0 Å². The standard InChI is InChI=1S/C20H19NO4S/c22-26(23,18-4-2-1-3-5-18)14-15-6-7-19(16-8-9-24-13-16)20(10-15)25-17-11-21-12-17/h1-10,13,17,21H,11-12,14H2. The van der Waals surface area contributed by atoms with E-state index in [0.29, 0.717) is 16.2 Å². The minimum absolute atomic E-state index is 0.0675. The number of hydrogen-bond acceptors (Lipinski definition) is 5. The van der Waals surface area contributed by atoms with E-state index in [0.717, 1.165) is 24.2 Å². The van der Waals surface area contributed by atoms with Gasteiger partial charge in [-0.2, -0.15) is 0 Å². The summed E-state index contributed by atoms with van der Waals surface area (Å²) < 4.78 is 36.5. The first-order valence-electron chi connectivity index (χ1n) is 8.42. The van der Waals surface area contributed by atoms with Gasteiger partial charge >= 0.3 is 0 Å². The summed E-state index contributed by atoms with van der Waals surface area (Å²) in [5.41, 5.74) is 2.50. The fourth-order valence-electron chi connectivity index (χ4n) is 2.87. The normalized spacial score (nSPS) is 14.8. The van der Waals surface area contributed by atoms with Crippen molar-refractivity contribution in [1.82, 2.24) is 5.32 Å². The molecule has 5 nitrogen and oxygen atoms in total. The van der Waals surface area contributed by atoms with Crippen LogP contribution in [0.25, 0.3) is 11.1 Å². The molecule has 3 aromatic rings. The van der Waals surface area contributed by atoms with Crippen molar-refractivity contribution in [3.05, 3.63) is 72.7 Å². The summed E-state index contributed by atoms with van der Waals surface area (Å²) in [5, 5.41) is 3.17. The van der Waals surface area contributed by atoms with Crippen LogP contribution in [0.1, 0.15) is 5.56 Å². The van der Waals surface area contributed by atoms with Crippen LogP contribution in [0.4, 0.5) is 0 Å². The highest BCUT2D eigenvalue weighted by molar-refractivity contribution is 7.90. The van der Waals surface area contributed by atoms with Crippen LogP contribution < -0.4 is 10.1 Å². The minimum Gasteiger partial charge on any atom is -0.487 e. The fourth-order valence-corrected chi connectivity index (χ4v) is 4.22. The Hall–Kier alpha value is -2.57. The van der Waals surface area contributed by atoms with Crippen LogP contribution in [0.5, 0.6) is 5.75 Å². The van der Waals surface area contributed by atoms with Crippen LogP contribution in [0.3, 0.4) is 0 Å². The Kier molecular flexibility index (Phi) is 4.53. The lowest BCUT2D eigenvalue weighted by Crippen LogP contribution is -2.50. The molecule has 2 heterocycles. The molecule has 6 heteroatoms. The third-order valence-corrected chi connectivity index (χ3v) is 6.08. The van der Waals surface area contributed by atoms with E-state index in [1.165, 1.54) is 0 Å². The van der Waals surface area contributed by atoms with Gasteiger partial charge in [-0.3, -0.25) is 0 Å². The van der Waals surface area contributed by atoms with Gasteiger partial charge in [0.15, 0.2) is 9.84 Å². The predicted octanol–water partition coefficient (Wildman–Crippen LogP) is 3.27. The van der Waals surface area contributed by atoms with Gasteiger partial charge < -0.3 is 14.5 Å². The van der Waals surface area contributed by atoms with Crippen molar-refractivity contribution < 1.29 is 17.6 Å². The summed E-state index contributed by atoms with van der Waals surface area (Å²) in [4.78, 5) is 0.324. The Bertz CT molecular complexity index is 978. The van der Waals surface area contributed by atoms with Gasteiger partial charge in [0.05, 0.1) is 23.2 Å². The summed E-state index contributed by atoms with van der Waals surface area (Å²) in [6, 6.07) is 15.9. The highest BCUT2D eigenvalue weighted by Crippen LogP contribution is 2.33. The molecule has 1 fully saturated rings. The maximum atomic E-state index is 12.7. The van der Waals surface area contributed by atoms with E-state index in [1.54, 1.807) is 42.9 Å². The monoisotopic (exact) mass is 369 g/mol. The van der Waals surface area contributed by atoms with Crippen molar-refractivity contribution in [3.8, 4) is 16.9 Å². The van der Waals surface area contributed by atoms with Crippen LogP contribution in [-0.4, -0.2) is 27.6 Å². The summed E-state index contributed by atoms with van der Waals surface area (Å²) in [7, 11) is -3.40. The zero-order valence-electron chi connectivity index (χ0n) is 14.1. The molecule has 0 unspecified atom stereocenters. The second kappa shape index (κ2) is 6.97. The zero-order chi connectivity index (χ0) is 18.0. The molecule has 0 amide bonds. The third-order valence-electron chi connectivity index (χ3n) is 4.37. The molecular weight excluding hydrogens is 350 g/mol. The van der Waals surface area contributed by atoms with E-state index in [9.17, 15) is 8.42 Å². The summed E-state index contributed by atoms with van der Waals surface area (Å²) in [6.45, 7) is 1.58. The highest BCUT2D eigenvalue weighted by atomic mass is 32.2. The molecule has 0 spiro atoms. The second-order valence-corrected chi connectivity index (χ2v) is 8.30. The van der Waals surface area contributed by atoms with Gasteiger partial charge in [-0.25, -0.2) is 8.42 Å². The smallest absolute Gasteiger partial charge is 0.182 e. The first-order valence-corrected chi connectivity index (χ1v) is 10.1. The summed E-state index contributed by atoms with van der Waals surface area (Å²) in [6.07, 6.45) is 3.36. The first kappa shape index (κ1) is 16.9. The number of ether oxygens (including phenoxy) is 1. The fraction of sp³-hybridized carbons (Fsp3) is 0.200. The average Bonchev–Trinajstić information content (AvgIpc) is 3.13. The molecule has 0 bridgehead atoms. The van der Waals surface area contributed by atoms with Crippen molar-refractivity contribution in [2.45, 2.75) is 16.8 Å². The molecular formula is C20H19NO4S. The van der Waals surface area contributed by atoms with Crippen molar-refractivity contribution in [3.63, 3.8) is 0 Å². The molecule has 2 aromatic carbocycles. The number of benzene rings is 2. The van der Waals surface area contributed by atoms with E-state index >= 15 is 0 Å². The lowest BCUT2D eigenvalue weighted by molar-refractivity contribution is 0.143. The lowest BCUT2D eigenvalue weighted by Gasteiger charge is -2.29. The molecule has 0 atom stereocenters. The van der Waals surface area contributed by atoms with Crippen molar-refractivity contribution >= 4 is 9.84 Å². The third kappa shape index (κ3) is 3.52. The van der Waals surface area contributed by atoms with Crippen molar-refractivity contribution in [2.24, 2.45) is 0 Å². The highest BCUT2D eigenvalue weighted by Gasteiger charge is 2.22. The van der Waals surface area contributed by atoms with E-state index in [2.05, 4.69) is 5.32 Å². The van der Waals surface area contributed by atoms with E-state index in [-0.39, 0.29) is 11.9 Å². The van der Waals surface area contributed by atoms with Gasteiger partial charge in [-0.15, -0.1) is 0 Å². The molecule has 134 valence electrons. The van der Waals surface area contributed by atoms with Crippen LogP contribution in [0, 0.1) is 0 Å². The quantitative estimate of drug-likeness (QED) is 0.722. The van der Waals surface area contributed by atoms with Gasteiger partial charge in [0.1, 0.15) is 11.9 Å². The van der Waals surface area contributed by atoms with Crippen LogP contribution in [0.15, 0.2) is 76.4 Å². The number of nitrogens with one attached hydrogen (secondary N) is 1. The molecule has 1 aromatic heterocycles.